The lowest BCUT2D eigenvalue weighted by molar-refractivity contribution is 0.102. The second-order valence-electron chi connectivity index (χ2n) is 4.84. The van der Waals surface area contributed by atoms with Gasteiger partial charge in [-0.3, -0.25) is 4.79 Å². The molecule has 2 aromatic rings. The van der Waals surface area contributed by atoms with Crippen molar-refractivity contribution < 1.29 is 23.7 Å². The number of methoxy groups -OCH3 is 4. The average Bonchev–Trinajstić information content (AvgIpc) is 2.62. The number of rotatable bonds is 6. The predicted molar refractivity (Wildman–Crippen MR) is 99.8 cm³/mol. The SMILES string of the molecule is COc1cc(NC(=O)c2cc(OC)c(Br)c(OC)c2)c(OC)cc1Cl. The number of halogens is 2. The molecule has 0 bridgehead atoms. The van der Waals surface area contributed by atoms with E-state index in [0.29, 0.717) is 43.7 Å². The molecule has 2 aromatic carbocycles. The third kappa shape index (κ3) is 4.11. The van der Waals surface area contributed by atoms with Crippen molar-refractivity contribution in [2.24, 2.45) is 0 Å². The van der Waals surface area contributed by atoms with Crippen molar-refractivity contribution in [3.05, 3.63) is 39.3 Å². The van der Waals surface area contributed by atoms with Gasteiger partial charge in [0.15, 0.2) is 0 Å². The van der Waals surface area contributed by atoms with E-state index in [4.69, 9.17) is 30.5 Å². The molecule has 0 radical (unpaired) electrons. The summed E-state index contributed by atoms with van der Waals surface area (Å²) in [5.74, 6) is 1.42. The first-order valence-electron chi connectivity index (χ1n) is 7.09. The fourth-order valence-corrected chi connectivity index (χ4v) is 2.94. The maximum Gasteiger partial charge on any atom is 0.256 e. The third-order valence-corrected chi connectivity index (χ3v) is 4.51. The van der Waals surface area contributed by atoms with Crippen LogP contribution in [0.3, 0.4) is 0 Å². The summed E-state index contributed by atoms with van der Waals surface area (Å²) < 4.78 is 21.6. The summed E-state index contributed by atoms with van der Waals surface area (Å²) in [7, 11) is 5.99. The molecule has 2 rings (SSSR count). The number of hydrogen-bond acceptors (Lipinski definition) is 5. The van der Waals surface area contributed by atoms with E-state index in [2.05, 4.69) is 21.2 Å². The van der Waals surface area contributed by atoms with Crippen LogP contribution in [-0.4, -0.2) is 34.3 Å². The number of hydrogen-bond donors (Lipinski definition) is 1. The fraction of sp³-hybridized carbons (Fsp3) is 0.235. The van der Waals surface area contributed by atoms with Gasteiger partial charge in [0.05, 0.1) is 39.1 Å². The summed E-state index contributed by atoms with van der Waals surface area (Å²) in [6, 6.07) is 6.36. The van der Waals surface area contributed by atoms with Crippen LogP contribution in [0.2, 0.25) is 5.02 Å². The molecule has 134 valence electrons. The van der Waals surface area contributed by atoms with Gasteiger partial charge >= 0.3 is 0 Å². The predicted octanol–water partition coefficient (Wildman–Crippen LogP) is 4.39. The van der Waals surface area contributed by atoms with E-state index < -0.39 is 0 Å². The Hall–Kier alpha value is -2.12. The van der Waals surface area contributed by atoms with E-state index in [-0.39, 0.29) is 5.91 Å². The van der Waals surface area contributed by atoms with Crippen molar-refractivity contribution in [2.75, 3.05) is 33.8 Å². The largest absolute Gasteiger partial charge is 0.495 e. The second kappa shape index (κ2) is 8.31. The van der Waals surface area contributed by atoms with Gasteiger partial charge in [0, 0.05) is 17.7 Å². The molecule has 0 aliphatic carbocycles. The van der Waals surface area contributed by atoms with Crippen LogP contribution >= 0.6 is 27.5 Å². The minimum absolute atomic E-state index is 0.355. The van der Waals surface area contributed by atoms with Gasteiger partial charge in [0.2, 0.25) is 0 Å². The van der Waals surface area contributed by atoms with Gasteiger partial charge < -0.3 is 24.3 Å². The monoisotopic (exact) mass is 429 g/mol. The Morgan fingerprint density at radius 3 is 1.88 bits per heavy atom. The summed E-state index contributed by atoms with van der Waals surface area (Å²) in [6.07, 6.45) is 0. The van der Waals surface area contributed by atoms with E-state index in [9.17, 15) is 4.79 Å². The normalized spacial score (nSPS) is 10.2. The molecule has 0 spiro atoms. The Labute approximate surface area is 159 Å². The molecule has 0 aliphatic rings. The van der Waals surface area contributed by atoms with E-state index in [1.54, 1.807) is 24.3 Å². The molecule has 6 nitrogen and oxygen atoms in total. The number of nitrogens with one attached hydrogen (secondary N) is 1. The van der Waals surface area contributed by atoms with Crippen molar-refractivity contribution >= 4 is 39.1 Å². The smallest absolute Gasteiger partial charge is 0.256 e. The fourth-order valence-electron chi connectivity index (χ4n) is 2.15. The highest BCUT2D eigenvalue weighted by atomic mass is 79.9. The maximum atomic E-state index is 12.6. The molecular formula is C17H17BrClNO5. The first-order valence-corrected chi connectivity index (χ1v) is 8.26. The van der Waals surface area contributed by atoms with Gasteiger partial charge in [-0.1, -0.05) is 11.6 Å². The highest BCUT2D eigenvalue weighted by Gasteiger charge is 2.17. The first-order chi connectivity index (χ1) is 11.9. The molecule has 0 aliphatic heterocycles. The molecule has 0 fully saturated rings. The van der Waals surface area contributed by atoms with Crippen LogP contribution in [0.5, 0.6) is 23.0 Å². The van der Waals surface area contributed by atoms with Crippen LogP contribution in [0.4, 0.5) is 5.69 Å². The van der Waals surface area contributed by atoms with Crippen molar-refractivity contribution in [3.63, 3.8) is 0 Å². The standard InChI is InChI=1S/C17H17BrClNO5/c1-22-12-8-11(13(23-2)7-10(12)19)20-17(21)9-5-14(24-3)16(18)15(6-9)25-4/h5-8H,1-4H3,(H,20,21). The number of amides is 1. The van der Waals surface area contributed by atoms with Gasteiger partial charge in [0.25, 0.3) is 5.91 Å². The Morgan fingerprint density at radius 1 is 0.880 bits per heavy atom. The molecule has 0 saturated carbocycles. The molecule has 0 heterocycles. The van der Waals surface area contributed by atoms with Crippen LogP contribution in [0.1, 0.15) is 10.4 Å². The summed E-state index contributed by atoms with van der Waals surface area (Å²) in [4.78, 5) is 12.6. The first kappa shape index (κ1) is 19.2. The molecule has 0 atom stereocenters. The Bertz CT molecular complexity index is 772. The van der Waals surface area contributed by atoms with Crippen molar-refractivity contribution in [1.29, 1.82) is 0 Å². The zero-order valence-electron chi connectivity index (χ0n) is 14.1. The third-order valence-electron chi connectivity index (χ3n) is 3.43. The highest BCUT2D eigenvalue weighted by Crippen LogP contribution is 2.38. The molecule has 8 heteroatoms. The van der Waals surface area contributed by atoms with Gasteiger partial charge in [-0.2, -0.15) is 0 Å². The summed E-state index contributed by atoms with van der Waals surface area (Å²) >= 11 is 9.44. The molecule has 0 saturated heterocycles. The van der Waals surface area contributed by atoms with Gasteiger partial charge in [0.1, 0.15) is 27.5 Å². The number of carbonyl (C=O) groups excluding carboxylic acids is 1. The molecule has 0 unspecified atom stereocenters. The van der Waals surface area contributed by atoms with Gasteiger partial charge in [-0.25, -0.2) is 0 Å². The topological polar surface area (TPSA) is 66.0 Å². The number of anilines is 1. The van der Waals surface area contributed by atoms with Crippen LogP contribution in [0.25, 0.3) is 0 Å². The zero-order chi connectivity index (χ0) is 18.6. The van der Waals surface area contributed by atoms with Crippen LogP contribution in [0, 0.1) is 0 Å². The Balaban J connectivity index is 2.40. The van der Waals surface area contributed by atoms with E-state index in [1.165, 1.54) is 28.4 Å². The number of benzene rings is 2. The molecule has 1 amide bonds. The van der Waals surface area contributed by atoms with Crippen LogP contribution in [-0.2, 0) is 0 Å². The van der Waals surface area contributed by atoms with Gasteiger partial charge in [-0.15, -0.1) is 0 Å². The maximum absolute atomic E-state index is 12.6. The Kier molecular flexibility index (Phi) is 6.39. The lowest BCUT2D eigenvalue weighted by Crippen LogP contribution is -2.13. The second-order valence-corrected chi connectivity index (χ2v) is 6.04. The average molecular weight is 431 g/mol. The summed E-state index contributed by atoms with van der Waals surface area (Å²) in [5, 5.41) is 3.15. The molecule has 1 N–H and O–H groups in total. The quantitative estimate of drug-likeness (QED) is 0.736. The Morgan fingerprint density at radius 2 is 1.40 bits per heavy atom. The number of ether oxygens (including phenoxy) is 4. The summed E-state index contributed by atoms with van der Waals surface area (Å²) in [6.45, 7) is 0. The zero-order valence-corrected chi connectivity index (χ0v) is 16.4. The highest BCUT2D eigenvalue weighted by molar-refractivity contribution is 9.10. The minimum atomic E-state index is -0.369. The van der Waals surface area contributed by atoms with Gasteiger partial charge in [-0.05, 0) is 28.1 Å². The van der Waals surface area contributed by atoms with E-state index in [1.807, 2.05) is 0 Å². The number of carbonyl (C=O) groups is 1. The molecular weight excluding hydrogens is 414 g/mol. The molecule has 0 aromatic heterocycles. The lowest BCUT2D eigenvalue weighted by atomic mass is 10.1. The minimum Gasteiger partial charge on any atom is -0.495 e. The van der Waals surface area contributed by atoms with Crippen LogP contribution in [0.15, 0.2) is 28.7 Å². The van der Waals surface area contributed by atoms with Crippen molar-refractivity contribution in [1.82, 2.24) is 0 Å². The van der Waals surface area contributed by atoms with Crippen LogP contribution < -0.4 is 24.3 Å². The molecule has 25 heavy (non-hydrogen) atoms. The van der Waals surface area contributed by atoms with E-state index >= 15 is 0 Å². The van der Waals surface area contributed by atoms with Crippen molar-refractivity contribution in [3.8, 4) is 23.0 Å². The summed E-state index contributed by atoms with van der Waals surface area (Å²) in [5.41, 5.74) is 0.780. The lowest BCUT2D eigenvalue weighted by Gasteiger charge is -2.14. The van der Waals surface area contributed by atoms with E-state index in [0.717, 1.165) is 0 Å². The van der Waals surface area contributed by atoms with Crippen molar-refractivity contribution in [2.45, 2.75) is 0 Å².